The van der Waals surface area contributed by atoms with Crippen LogP contribution in [0.15, 0.2) is 66.7 Å². The van der Waals surface area contributed by atoms with E-state index in [0.29, 0.717) is 21.9 Å². The molecular formula is C30H26N4O3S. The normalized spacial score (nSPS) is 14.9. The number of benzene rings is 3. The lowest BCUT2D eigenvalue weighted by Crippen LogP contribution is -2.30. The topological polar surface area (TPSA) is 82.6 Å². The van der Waals surface area contributed by atoms with Gasteiger partial charge in [-0.05, 0) is 54.8 Å². The van der Waals surface area contributed by atoms with Crippen molar-refractivity contribution in [1.29, 1.82) is 0 Å². The first-order chi connectivity index (χ1) is 18.4. The summed E-state index contributed by atoms with van der Waals surface area (Å²) in [4.78, 5) is 48.8. The molecule has 0 unspecified atom stereocenters. The van der Waals surface area contributed by atoms with Gasteiger partial charge in [-0.1, -0.05) is 42.5 Å². The molecule has 0 bridgehead atoms. The maximum absolute atomic E-state index is 13.3. The van der Waals surface area contributed by atoms with Crippen LogP contribution in [-0.2, 0) is 19.5 Å². The van der Waals surface area contributed by atoms with Crippen molar-refractivity contribution in [1.82, 2.24) is 9.88 Å². The van der Waals surface area contributed by atoms with Gasteiger partial charge in [0, 0.05) is 36.5 Å². The van der Waals surface area contributed by atoms with Crippen LogP contribution in [0.3, 0.4) is 0 Å². The number of imide groups is 1. The molecule has 7 nitrogen and oxygen atoms in total. The van der Waals surface area contributed by atoms with E-state index in [2.05, 4.69) is 39.5 Å². The number of amides is 3. The predicted octanol–water partition coefficient (Wildman–Crippen LogP) is 5.37. The fourth-order valence-corrected chi connectivity index (χ4v) is 6.05. The van der Waals surface area contributed by atoms with Crippen molar-refractivity contribution < 1.29 is 14.4 Å². The molecule has 2 aliphatic heterocycles. The molecule has 0 fully saturated rings. The molecule has 3 heterocycles. The molecule has 3 amide bonds. The fourth-order valence-electron chi connectivity index (χ4n) is 5.01. The Morgan fingerprint density at radius 2 is 1.76 bits per heavy atom. The third-order valence-corrected chi connectivity index (χ3v) is 8.03. The monoisotopic (exact) mass is 522 g/mol. The minimum absolute atomic E-state index is 0.235. The van der Waals surface area contributed by atoms with Gasteiger partial charge in [-0.2, -0.15) is 0 Å². The van der Waals surface area contributed by atoms with Gasteiger partial charge in [-0.15, -0.1) is 11.3 Å². The van der Waals surface area contributed by atoms with Crippen molar-refractivity contribution in [3.05, 3.63) is 111 Å². The average Bonchev–Trinajstić information content (AvgIpc) is 3.42. The number of anilines is 2. The maximum Gasteiger partial charge on any atom is 0.266 e. The molecule has 1 aromatic heterocycles. The quantitative estimate of drug-likeness (QED) is 0.356. The van der Waals surface area contributed by atoms with Crippen molar-refractivity contribution in [2.45, 2.75) is 33.4 Å². The molecule has 6 rings (SSSR count). The molecule has 38 heavy (non-hydrogen) atoms. The minimum Gasteiger partial charge on any atom is -0.298 e. The summed E-state index contributed by atoms with van der Waals surface area (Å²) in [7, 11) is 0. The second-order valence-electron chi connectivity index (χ2n) is 9.79. The largest absolute Gasteiger partial charge is 0.298 e. The van der Waals surface area contributed by atoms with Gasteiger partial charge in [0.1, 0.15) is 0 Å². The lowest BCUT2D eigenvalue weighted by molar-refractivity contribution is 0.0925. The summed E-state index contributed by atoms with van der Waals surface area (Å²) in [6, 6.07) is 20.7. The molecule has 0 saturated heterocycles. The van der Waals surface area contributed by atoms with Crippen molar-refractivity contribution in [3.63, 3.8) is 0 Å². The number of hydrogen-bond acceptors (Lipinski definition) is 6. The highest BCUT2D eigenvalue weighted by molar-refractivity contribution is 7.15. The number of fused-ring (bicyclic) bond motifs is 2. The molecule has 0 atom stereocenters. The first kappa shape index (κ1) is 24.2. The first-order valence-electron chi connectivity index (χ1n) is 12.5. The Bertz CT molecular complexity index is 1590. The number of nitrogens with one attached hydrogen (secondary N) is 1. The van der Waals surface area contributed by atoms with Gasteiger partial charge < -0.3 is 0 Å². The van der Waals surface area contributed by atoms with E-state index in [1.807, 2.05) is 38.1 Å². The van der Waals surface area contributed by atoms with E-state index in [4.69, 9.17) is 0 Å². The lowest BCUT2D eigenvalue weighted by Gasteiger charge is -2.25. The summed E-state index contributed by atoms with van der Waals surface area (Å²) >= 11 is 1.49. The average molecular weight is 523 g/mol. The Kier molecular flexibility index (Phi) is 6.13. The number of aryl methyl sites for hydroxylation is 2. The first-order valence-corrected chi connectivity index (χ1v) is 13.4. The molecule has 190 valence electrons. The van der Waals surface area contributed by atoms with Crippen LogP contribution in [0.5, 0.6) is 0 Å². The molecule has 2 aliphatic rings. The molecule has 4 aromatic rings. The number of hydrogen-bond donors (Lipinski definition) is 1. The van der Waals surface area contributed by atoms with Crippen molar-refractivity contribution in [2.24, 2.45) is 0 Å². The molecule has 0 radical (unpaired) electrons. The molecular weight excluding hydrogens is 496 g/mol. The molecule has 8 heteroatoms. The second kappa shape index (κ2) is 9.63. The van der Waals surface area contributed by atoms with Gasteiger partial charge in [-0.3, -0.25) is 24.6 Å². The van der Waals surface area contributed by atoms with E-state index in [0.717, 1.165) is 47.8 Å². The molecule has 0 saturated carbocycles. The summed E-state index contributed by atoms with van der Waals surface area (Å²) in [5, 5.41) is 3.44. The Morgan fingerprint density at radius 3 is 2.58 bits per heavy atom. The van der Waals surface area contributed by atoms with Gasteiger partial charge in [0.2, 0.25) is 0 Å². The van der Waals surface area contributed by atoms with Gasteiger partial charge in [0.05, 0.1) is 22.5 Å². The summed E-state index contributed by atoms with van der Waals surface area (Å²) in [6.45, 7) is 6.37. The Hall–Kier alpha value is -4.14. The summed E-state index contributed by atoms with van der Waals surface area (Å²) in [5.74, 6) is -1.15. The number of carbonyl (C=O) groups is 3. The highest BCUT2D eigenvalue weighted by atomic mass is 32.1. The van der Waals surface area contributed by atoms with Crippen molar-refractivity contribution in [2.75, 3.05) is 16.8 Å². The summed E-state index contributed by atoms with van der Waals surface area (Å²) < 4.78 is 0. The van der Waals surface area contributed by atoms with Gasteiger partial charge in [0.25, 0.3) is 17.7 Å². The predicted molar refractivity (Wildman–Crippen MR) is 148 cm³/mol. The highest BCUT2D eigenvalue weighted by Gasteiger charge is 2.38. The van der Waals surface area contributed by atoms with E-state index in [1.165, 1.54) is 27.9 Å². The van der Waals surface area contributed by atoms with E-state index in [1.54, 1.807) is 12.1 Å². The number of thiazole rings is 1. The van der Waals surface area contributed by atoms with Crippen LogP contribution < -0.4 is 10.2 Å². The van der Waals surface area contributed by atoms with Crippen LogP contribution in [0.25, 0.3) is 0 Å². The van der Waals surface area contributed by atoms with Gasteiger partial charge in [-0.25, -0.2) is 9.88 Å². The lowest BCUT2D eigenvalue weighted by atomic mass is 10.1. The molecule has 0 aliphatic carbocycles. The van der Waals surface area contributed by atoms with Crippen LogP contribution in [0, 0.1) is 13.8 Å². The Labute approximate surface area is 224 Å². The number of carbonyl (C=O) groups excluding carboxylic acids is 3. The molecule has 0 spiro atoms. The van der Waals surface area contributed by atoms with Crippen molar-refractivity contribution in [3.8, 4) is 0 Å². The minimum atomic E-state index is -0.420. The number of nitrogens with zero attached hydrogens (tertiary/aromatic N) is 3. The van der Waals surface area contributed by atoms with Crippen LogP contribution in [0.2, 0.25) is 0 Å². The molecule has 3 aromatic carbocycles. The summed E-state index contributed by atoms with van der Waals surface area (Å²) in [6.07, 6.45) is 0.832. The van der Waals surface area contributed by atoms with Crippen LogP contribution in [0.4, 0.5) is 10.8 Å². The van der Waals surface area contributed by atoms with Gasteiger partial charge in [0.15, 0.2) is 5.13 Å². The van der Waals surface area contributed by atoms with Crippen LogP contribution >= 0.6 is 11.3 Å². The summed E-state index contributed by atoms with van der Waals surface area (Å²) in [5.41, 5.74) is 5.50. The van der Waals surface area contributed by atoms with Crippen LogP contribution in [0.1, 0.15) is 58.3 Å². The highest BCUT2D eigenvalue weighted by Crippen LogP contribution is 2.33. The zero-order valence-electron chi connectivity index (χ0n) is 21.2. The smallest absolute Gasteiger partial charge is 0.266 e. The Balaban J connectivity index is 1.18. The number of aromatic nitrogens is 1. The fraction of sp³-hybridized carbons (Fsp3) is 0.200. The van der Waals surface area contributed by atoms with E-state index in [-0.39, 0.29) is 17.4 Å². The van der Waals surface area contributed by atoms with E-state index < -0.39 is 5.91 Å². The SMILES string of the molecule is Cc1ccc(C)c(N2C(=O)c3ccc(C(=O)Nc4nc5c(s4)CN(Cc4ccccc4)CC5)cc3C2=O)c1. The second-order valence-corrected chi connectivity index (χ2v) is 10.9. The van der Waals surface area contributed by atoms with E-state index in [9.17, 15) is 14.4 Å². The van der Waals surface area contributed by atoms with Gasteiger partial charge >= 0.3 is 0 Å². The van der Waals surface area contributed by atoms with Crippen molar-refractivity contribution >= 4 is 39.9 Å². The van der Waals surface area contributed by atoms with Crippen LogP contribution in [-0.4, -0.2) is 34.2 Å². The third-order valence-electron chi connectivity index (χ3n) is 7.03. The number of rotatable bonds is 5. The Morgan fingerprint density at radius 1 is 0.974 bits per heavy atom. The zero-order valence-corrected chi connectivity index (χ0v) is 22.0. The standard InChI is InChI=1S/C30H26N4O3S/c1-18-8-9-19(2)25(14-18)34-28(36)22-11-10-21(15-23(22)29(34)37)27(35)32-30-31-24-12-13-33(17-26(24)38-30)16-20-6-4-3-5-7-20/h3-11,14-15H,12-13,16-17H2,1-2H3,(H,31,32,35). The van der Waals surface area contributed by atoms with E-state index >= 15 is 0 Å². The third kappa shape index (κ3) is 4.42. The maximum atomic E-state index is 13.3. The molecule has 1 N–H and O–H groups in total. The zero-order chi connectivity index (χ0) is 26.4.